The lowest BCUT2D eigenvalue weighted by Crippen LogP contribution is -2.41. The first-order valence-electron chi connectivity index (χ1n) is 8.19. The van der Waals surface area contributed by atoms with Gasteiger partial charge in [0.25, 0.3) is 0 Å². The highest BCUT2D eigenvalue weighted by molar-refractivity contribution is 5.20. The Bertz CT molecular complexity index is 613. The zero-order valence-electron chi connectivity index (χ0n) is 12.8. The van der Waals surface area contributed by atoms with Crippen LogP contribution in [0.5, 0.6) is 0 Å². The molecule has 22 heavy (non-hydrogen) atoms. The first-order chi connectivity index (χ1) is 10.8. The number of aliphatic hydroxyl groups excluding tert-OH is 1. The summed E-state index contributed by atoms with van der Waals surface area (Å²) >= 11 is 0. The number of hydrogen-bond donors (Lipinski definition) is 2. The highest BCUT2D eigenvalue weighted by Crippen LogP contribution is 2.51. The molecule has 3 heterocycles. The summed E-state index contributed by atoms with van der Waals surface area (Å²) in [6.45, 7) is 1.15. The fourth-order valence-electron chi connectivity index (χ4n) is 4.63. The van der Waals surface area contributed by atoms with E-state index in [-0.39, 0.29) is 12.0 Å². The summed E-state index contributed by atoms with van der Waals surface area (Å²) in [4.78, 5) is 10.2. The van der Waals surface area contributed by atoms with Crippen LogP contribution in [0.25, 0.3) is 0 Å². The van der Waals surface area contributed by atoms with Crippen molar-refractivity contribution in [1.82, 2.24) is 14.9 Å². The maximum Gasteiger partial charge on any atom is 0.120 e. The summed E-state index contributed by atoms with van der Waals surface area (Å²) in [6.07, 6.45) is 8.22. The first-order valence-corrected chi connectivity index (χ1v) is 8.19. The van der Waals surface area contributed by atoms with E-state index in [1.54, 1.807) is 0 Å². The predicted octanol–water partition coefficient (Wildman–Crippen LogP) is 2.37. The number of imidazole rings is 1. The number of nitrogens with one attached hydrogen (secondary N) is 1. The largest absolute Gasteiger partial charge is 0.396 e. The highest BCUT2D eigenvalue weighted by Gasteiger charge is 2.55. The van der Waals surface area contributed by atoms with Gasteiger partial charge in [-0.3, -0.25) is 4.90 Å². The van der Waals surface area contributed by atoms with Crippen molar-refractivity contribution >= 4 is 0 Å². The van der Waals surface area contributed by atoms with E-state index in [1.165, 1.54) is 18.4 Å². The molecule has 2 aliphatic heterocycles. The van der Waals surface area contributed by atoms with E-state index in [0.717, 1.165) is 25.2 Å². The van der Waals surface area contributed by atoms with Gasteiger partial charge in [0.2, 0.25) is 0 Å². The Morgan fingerprint density at radius 3 is 2.86 bits per heavy atom. The monoisotopic (exact) mass is 297 g/mol. The van der Waals surface area contributed by atoms with E-state index in [0.29, 0.717) is 12.1 Å². The molecular formula is C18H23N3O. The Hall–Kier alpha value is -1.65. The maximum atomic E-state index is 10.2. The number of benzene rings is 1. The quantitative estimate of drug-likeness (QED) is 0.891. The van der Waals surface area contributed by atoms with Gasteiger partial charge in [-0.1, -0.05) is 30.3 Å². The van der Waals surface area contributed by atoms with Crippen LogP contribution in [-0.2, 0) is 13.0 Å². The smallest absolute Gasteiger partial charge is 0.120 e. The van der Waals surface area contributed by atoms with Gasteiger partial charge in [0, 0.05) is 29.9 Å². The number of hydrogen-bond acceptors (Lipinski definition) is 3. The van der Waals surface area contributed by atoms with E-state index in [2.05, 4.69) is 45.2 Å². The number of fused-ring (bicyclic) bond motifs is 2. The number of aromatic nitrogens is 2. The lowest BCUT2D eigenvalue weighted by Gasteiger charge is -2.36. The van der Waals surface area contributed by atoms with Gasteiger partial charge in [-0.25, -0.2) is 4.98 Å². The van der Waals surface area contributed by atoms with E-state index in [4.69, 9.17) is 0 Å². The van der Waals surface area contributed by atoms with Crippen LogP contribution in [0.3, 0.4) is 0 Å². The van der Waals surface area contributed by atoms with E-state index in [1.807, 2.05) is 12.4 Å². The maximum absolute atomic E-state index is 10.2. The number of rotatable bonds is 5. The van der Waals surface area contributed by atoms with Crippen LogP contribution >= 0.6 is 0 Å². The molecule has 4 heteroatoms. The molecule has 0 amide bonds. The van der Waals surface area contributed by atoms with Gasteiger partial charge < -0.3 is 10.1 Å². The molecule has 1 aromatic carbocycles. The Kier molecular flexibility index (Phi) is 3.51. The van der Waals surface area contributed by atoms with Crippen LogP contribution in [0.2, 0.25) is 0 Å². The Morgan fingerprint density at radius 1 is 1.27 bits per heavy atom. The predicted molar refractivity (Wildman–Crippen MR) is 85.2 cm³/mol. The number of nitrogens with zero attached hydrogens (tertiary/aromatic N) is 2. The second-order valence-electron chi connectivity index (χ2n) is 6.84. The molecule has 1 aromatic heterocycles. The third kappa shape index (κ3) is 2.27. The van der Waals surface area contributed by atoms with Gasteiger partial charge in [-0.15, -0.1) is 0 Å². The van der Waals surface area contributed by atoms with E-state index in [9.17, 15) is 5.11 Å². The van der Waals surface area contributed by atoms with Crippen molar-refractivity contribution in [3.63, 3.8) is 0 Å². The van der Waals surface area contributed by atoms with Gasteiger partial charge in [0.1, 0.15) is 5.82 Å². The molecule has 0 spiro atoms. The Morgan fingerprint density at radius 2 is 2.14 bits per heavy atom. The van der Waals surface area contributed by atoms with Crippen molar-refractivity contribution in [2.24, 2.45) is 5.41 Å². The van der Waals surface area contributed by atoms with Crippen molar-refractivity contribution in [2.75, 3.05) is 6.61 Å². The Labute approximate surface area is 131 Å². The molecule has 2 aliphatic rings. The fourth-order valence-corrected chi connectivity index (χ4v) is 4.63. The standard InChI is InChI=1S/C18H23N3O/c22-13-18(10-14-4-2-1-3-5-14)11-15-6-7-16(18)21(15)12-17-19-8-9-20-17/h1-5,8-9,15-16,22H,6-7,10-13H2,(H,19,20)/t15-,16+,18-/m0/s1. The van der Waals surface area contributed by atoms with E-state index >= 15 is 0 Å². The minimum Gasteiger partial charge on any atom is -0.396 e. The molecule has 4 rings (SSSR count). The van der Waals surface area contributed by atoms with Crippen LogP contribution < -0.4 is 0 Å². The Balaban J connectivity index is 1.57. The average Bonchev–Trinajstić information content (AvgIpc) is 3.26. The SMILES string of the molecule is OC[C@]1(Cc2ccccc2)C[C@@H]2CC[C@H]1N2Cc1ncc[nH]1. The molecule has 2 saturated heterocycles. The van der Waals surface area contributed by atoms with Crippen molar-refractivity contribution in [2.45, 2.75) is 44.3 Å². The average molecular weight is 297 g/mol. The van der Waals surface area contributed by atoms with Crippen LogP contribution in [0.4, 0.5) is 0 Å². The lowest BCUT2D eigenvalue weighted by molar-refractivity contribution is 0.0745. The molecule has 0 aliphatic carbocycles. The number of aromatic amines is 1. The summed E-state index contributed by atoms with van der Waals surface area (Å²) in [5.41, 5.74) is 1.35. The molecule has 3 atom stereocenters. The lowest BCUT2D eigenvalue weighted by atomic mass is 9.70. The van der Waals surface area contributed by atoms with Crippen LogP contribution in [0.1, 0.15) is 30.7 Å². The van der Waals surface area contributed by atoms with Crippen molar-refractivity contribution in [1.29, 1.82) is 0 Å². The highest BCUT2D eigenvalue weighted by atomic mass is 16.3. The summed E-state index contributed by atoms with van der Waals surface area (Å²) in [7, 11) is 0. The summed E-state index contributed by atoms with van der Waals surface area (Å²) in [5.74, 6) is 1.03. The molecule has 116 valence electrons. The van der Waals surface area contributed by atoms with Gasteiger partial charge in [0.05, 0.1) is 13.2 Å². The minimum atomic E-state index is 0.0108. The second-order valence-corrected chi connectivity index (χ2v) is 6.84. The van der Waals surface area contributed by atoms with Crippen molar-refractivity contribution < 1.29 is 5.11 Å². The van der Waals surface area contributed by atoms with Gasteiger partial charge in [-0.05, 0) is 31.2 Å². The molecule has 2 fully saturated rings. The summed E-state index contributed by atoms with van der Waals surface area (Å²) in [5, 5.41) is 10.2. The van der Waals surface area contributed by atoms with Gasteiger partial charge >= 0.3 is 0 Å². The molecule has 0 radical (unpaired) electrons. The minimum absolute atomic E-state index is 0.0108. The molecule has 2 aromatic rings. The number of H-pyrrole nitrogens is 1. The fraction of sp³-hybridized carbons (Fsp3) is 0.500. The van der Waals surface area contributed by atoms with Crippen LogP contribution in [0, 0.1) is 5.41 Å². The third-order valence-corrected chi connectivity index (χ3v) is 5.59. The van der Waals surface area contributed by atoms with Gasteiger partial charge in [-0.2, -0.15) is 0 Å². The zero-order chi connectivity index (χ0) is 15.0. The molecule has 0 saturated carbocycles. The zero-order valence-corrected chi connectivity index (χ0v) is 12.8. The van der Waals surface area contributed by atoms with Crippen molar-refractivity contribution in [3.05, 3.63) is 54.1 Å². The first kappa shape index (κ1) is 14.0. The molecule has 4 nitrogen and oxygen atoms in total. The molecule has 2 bridgehead atoms. The number of aliphatic hydroxyl groups is 1. The normalized spacial score (nSPS) is 31.0. The molecular weight excluding hydrogens is 274 g/mol. The summed E-state index contributed by atoms with van der Waals surface area (Å²) in [6, 6.07) is 11.7. The topological polar surface area (TPSA) is 52.1 Å². The third-order valence-electron chi connectivity index (χ3n) is 5.59. The molecule has 2 N–H and O–H groups in total. The van der Waals surface area contributed by atoms with Gasteiger partial charge in [0.15, 0.2) is 0 Å². The van der Waals surface area contributed by atoms with Crippen LogP contribution in [-0.4, -0.2) is 38.7 Å². The second kappa shape index (κ2) is 5.52. The summed E-state index contributed by atoms with van der Waals surface area (Å²) < 4.78 is 0. The van der Waals surface area contributed by atoms with Crippen LogP contribution in [0.15, 0.2) is 42.7 Å². The van der Waals surface area contributed by atoms with E-state index < -0.39 is 0 Å². The van der Waals surface area contributed by atoms with Crippen molar-refractivity contribution in [3.8, 4) is 0 Å². The molecule has 0 unspecified atom stereocenters.